The number of hydrogen-bond donors (Lipinski definition) is 2. The van der Waals surface area contributed by atoms with Crippen LogP contribution in [0.5, 0.6) is 34.5 Å². The van der Waals surface area contributed by atoms with Crippen LogP contribution in [0.3, 0.4) is 0 Å². The van der Waals surface area contributed by atoms with E-state index in [1.807, 2.05) is 38.1 Å². The first-order valence-electron chi connectivity index (χ1n) is 12.7. The van der Waals surface area contributed by atoms with Gasteiger partial charge in [0.1, 0.15) is 47.7 Å². The van der Waals surface area contributed by atoms with Crippen molar-refractivity contribution < 1.29 is 38.7 Å². The average Bonchev–Trinajstić information content (AvgIpc) is 2.98. The van der Waals surface area contributed by atoms with E-state index in [1.54, 1.807) is 14.2 Å². The molecule has 0 bridgehead atoms. The lowest BCUT2D eigenvalue weighted by Gasteiger charge is -2.20. The lowest BCUT2D eigenvalue weighted by Crippen LogP contribution is -2.04. The maximum Gasteiger partial charge on any atom is 0.153 e. The van der Waals surface area contributed by atoms with Crippen molar-refractivity contribution in [1.82, 2.24) is 0 Å². The van der Waals surface area contributed by atoms with E-state index in [4.69, 9.17) is 42.1 Å². The van der Waals surface area contributed by atoms with Crippen molar-refractivity contribution in [3.05, 3.63) is 92.0 Å². The maximum atomic E-state index is 11.1. The number of hydrogen-bond acceptors (Lipinski definition) is 8. The predicted molar refractivity (Wildman–Crippen MR) is 160 cm³/mol. The number of rotatable bonds is 11. The highest BCUT2D eigenvalue weighted by Crippen LogP contribution is 2.39. The van der Waals surface area contributed by atoms with Crippen LogP contribution in [-0.2, 0) is 13.2 Å². The highest BCUT2D eigenvalue weighted by atomic mass is 35.5. The minimum atomic E-state index is -0.231. The maximum absolute atomic E-state index is 11.1. The van der Waals surface area contributed by atoms with Gasteiger partial charge in [-0.25, -0.2) is 0 Å². The van der Waals surface area contributed by atoms with E-state index in [-0.39, 0.29) is 57.4 Å². The van der Waals surface area contributed by atoms with Gasteiger partial charge in [-0.2, -0.15) is 0 Å². The molecule has 0 fully saturated rings. The molecule has 2 N–H and O–H groups in total. The molecule has 0 aromatic heterocycles. The molecule has 0 saturated heterocycles. The molecule has 0 amide bonds. The number of carbonyl (C=O) groups is 2. The van der Waals surface area contributed by atoms with Gasteiger partial charge in [0.15, 0.2) is 12.6 Å². The van der Waals surface area contributed by atoms with Crippen LogP contribution < -0.4 is 18.9 Å². The molecule has 0 atom stereocenters. The predicted octanol–water partition coefficient (Wildman–Crippen LogP) is 7.49. The van der Waals surface area contributed by atoms with Crippen LogP contribution in [0.15, 0.2) is 48.5 Å². The van der Waals surface area contributed by atoms with E-state index in [0.29, 0.717) is 24.1 Å². The van der Waals surface area contributed by atoms with E-state index in [2.05, 4.69) is 0 Å². The fourth-order valence-corrected chi connectivity index (χ4v) is 4.88. The van der Waals surface area contributed by atoms with Crippen molar-refractivity contribution in [2.24, 2.45) is 0 Å². The molecule has 0 heterocycles. The third-order valence-electron chi connectivity index (χ3n) is 6.92. The third-order valence-corrected chi connectivity index (χ3v) is 7.51. The van der Waals surface area contributed by atoms with Gasteiger partial charge < -0.3 is 29.2 Å². The smallest absolute Gasteiger partial charge is 0.153 e. The summed E-state index contributed by atoms with van der Waals surface area (Å²) >= 11 is 12.5. The lowest BCUT2D eigenvalue weighted by atomic mass is 9.91. The van der Waals surface area contributed by atoms with Crippen molar-refractivity contribution in [3.63, 3.8) is 0 Å². The van der Waals surface area contributed by atoms with Crippen molar-refractivity contribution in [1.29, 1.82) is 0 Å². The molecule has 0 radical (unpaired) electrons. The van der Waals surface area contributed by atoms with Crippen LogP contribution in [0, 0.1) is 13.8 Å². The first kappa shape index (κ1) is 30.6. The minimum Gasteiger partial charge on any atom is -0.507 e. The van der Waals surface area contributed by atoms with Crippen LogP contribution >= 0.6 is 23.2 Å². The molecule has 0 aliphatic rings. The van der Waals surface area contributed by atoms with Crippen molar-refractivity contribution >= 4 is 35.8 Å². The number of halogens is 2. The Hall–Kier alpha value is -4.40. The largest absolute Gasteiger partial charge is 0.507 e. The van der Waals surface area contributed by atoms with Gasteiger partial charge in [0.05, 0.1) is 35.4 Å². The Labute approximate surface area is 252 Å². The van der Waals surface area contributed by atoms with Crippen molar-refractivity contribution in [2.75, 3.05) is 14.2 Å². The van der Waals surface area contributed by atoms with Gasteiger partial charge in [0.25, 0.3) is 0 Å². The summed E-state index contributed by atoms with van der Waals surface area (Å²) in [5.74, 6) is 1.18. The fourth-order valence-electron chi connectivity index (χ4n) is 4.42. The molecule has 0 aliphatic carbocycles. The number of phenols is 2. The second-order valence-electron chi connectivity index (χ2n) is 9.41. The average molecular weight is 611 g/mol. The van der Waals surface area contributed by atoms with E-state index in [9.17, 15) is 19.8 Å². The summed E-state index contributed by atoms with van der Waals surface area (Å²) in [5, 5.41) is 20.5. The van der Waals surface area contributed by atoms with Crippen molar-refractivity contribution in [3.8, 4) is 45.6 Å². The zero-order chi connectivity index (χ0) is 30.6. The van der Waals surface area contributed by atoms with Gasteiger partial charge in [-0.3, -0.25) is 9.59 Å². The van der Waals surface area contributed by atoms with Crippen LogP contribution in [0.25, 0.3) is 11.1 Å². The Morgan fingerprint density at radius 3 is 1.36 bits per heavy atom. The molecule has 4 rings (SSSR count). The molecular formula is C32H28Cl2O8. The zero-order valence-corrected chi connectivity index (χ0v) is 24.8. The monoisotopic (exact) mass is 610 g/mol. The summed E-state index contributed by atoms with van der Waals surface area (Å²) in [7, 11) is 3.14. The highest BCUT2D eigenvalue weighted by molar-refractivity contribution is 6.32. The standard InChI is InChI=1S/C32H28Cl2O8/c1-17-21(15-41-31-11-29(37)19(13-35)7-27(31)33)5-23(39-3)9-25(17)26-10-24(40-4)6-22(18(26)2)16-42-32-12-30(38)20(14-36)8-28(32)34/h5-14,37-38H,15-16H2,1-4H3. The van der Waals surface area contributed by atoms with Crippen molar-refractivity contribution in [2.45, 2.75) is 27.1 Å². The highest BCUT2D eigenvalue weighted by Gasteiger charge is 2.18. The first-order chi connectivity index (χ1) is 20.1. The summed E-state index contributed by atoms with van der Waals surface area (Å²) in [6.07, 6.45) is 1.03. The number of aromatic hydroxyl groups is 2. The molecule has 4 aromatic rings. The summed E-state index contributed by atoms with van der Waals surface area (Å²) in [6, 6.07) is 12.8. The molecule has 0 saturated carbocycles. The Kier molecular flexibility index (Phi) is 9.50. The summed E-state index contributed by atoms with van der Waals surface area (Å²) < 4.78 is 23.1. The molecule has 0 aliphatic heterocycles. The Bertz CT molecular complexity index is 1540. The minimum absolute atomic E-state index is 0.0672. The SMILES string of the molecule is COc1cc(COc2cc(O)c(C=O)cc2Cl)c(C)c(-c2cc(OC)cc(COc3cc(O)c(C=O)cc3Cl)c2C)c1. The Morgan fingerprint density at radius 2 is 1.02 bits per heavy atom. The van der Waals surface area contributed by atoms with E-state index >= 15 is 0 Å². The summed E-state index contributed by atoms with van der Waals surface area (Å²) in [6.45, 7) is 4.11. The molecule has 8 nitrogen and oxygen atoms in total. The van der Waals surface area contributed by atoms with Gasteiger partial charge in [-0.05, 0) is 83.6 Å². The van der Waals surface area contributed by atoms with Crippen LogP contribution in [0.4, 0.5) is 0 Å². The van der Waals surface area contributed by atoms with Gasteiger partial charge in [-0.1, -0.05) is 23.2 Å². The molecular weight excluding hydrogens is 583 g/mol. The fraction of sp³-hybridized carbons (Fsp3) is 0.188. The van der Waals surface area contributed by atoms with Gasteiger partial charge >= 0.3 is 0 Å². The van der Waals surface area contributed by atoms with Gasteiger partial charge in [-0.15, -0.1) is 0 Å². The quantitative estimate of drug-likeness (QED) is 0.168. The molecule has 0 unspecified atom stereocenters. The zero-order valence-electron chi connectivity index (χ0n) is 23.3. The summed E-state index contributed by atoms with van der Waals surface area (Å²) in [4.78, 5) is 22.2. The van der Waals surface area contributed by atoms with Crippen LogP contribution in [-0.4, -0.2) is 37.0 Å². The number of methoxy groups -OCH3 is 2. The van der Waals surface area contributed by atoms with E-state index in [1.165, 1.54) is 24.3 Å². The number of ether oxygens (including phenoxy) is 4. The topological polar surface area (TPSA) is 112 Å². The van der Waals surface area contributed by atoms with Gasteiger partial charge in [0, 0.05) is 12.1 Å². The Balaban J connectivity index is 1.70. The van der Waals surface area contributed by atoms with Crippen LogP contribution in [0.2, 0.25) is 10.0 Å². The molecule has 10 heteroatoms. The third kappa shape index (κ3) is 6.40. The molecule has 4 aromatic carbocycles. The Morgan fingerprint density at radius 1 is 0.643 bits per heavy atom. The number of benzene rings is 4. The van der Waals surface area contributed by atoms with Gasteiger partial charge in [0.2, 0.25) is 0 Å². The van der Waals surface area contributed by atoms with Crippen LogP contribution in [0.1, 0.15) is 43.0 Å². The number of carbonyl (C=O) groups excluding carboxylic acids is 2. The molecule has 42 heavy (non-hydrogen) atoms. The number of aldehydes is 2. The second-order valence-corrected chi connectivity index (χ2v) is 10.2. The lowest BCUT2D eigenvalue weighted by molar-refractivity contribution is 0.111. The first-order valence-corrected chi connectivity index (χ1v) is 13.4. The second kappa shape index (κ2) is 13.1. The molecule has 218 valence electrons. The normalized spacial score (nSPS) is 10.7. The van der Waals surface area contributed by atoms with E-state index < -0.39 is 0 Å². The molecule has 0 spiro atoms. The number of phenolic OH excluding ortho intramolecular Hbond substituents is 2. The summed E-state index contributed by atoms with van der Waals surface area (Å²) in [5.41, 5.74) is 5.27. The van der Waals surface area contributed by atoms with E-state index in [0.717, 1.165) is 33.4 Å².